The van der Waals surface area contributed by atoms with E-state index in [1.807, 2.05) is 6.07 Å². The summed E-state index contributed by atoms with van der Waals surface area (Å²) >= 11 is 1.17. The van der Waals surface area contributed by atoms with Gasteiger partial charge in [0.1, 0.15) is 16.6 Å². The summed E-state index contributed by atoms with van der Waals surface area (Å²) in [6.07, 6.45) is 3.71. The second kappa shape index (κ2) is 5.12. The van der Waals surface area contributed by atoms with Gasteiger partial charge in [0.15, 0.2) is 5.82 Å². The molecule has 0 atom stereocenters. The van der Waals surface area contributed by atoms with Crippen LogP contribution in [0.2, 0.25) is 0 Å². The number of hydrogen-bond donors (Lipinski definition) is 3. The first-order valence-corrected chi connectivity index (χ1v) is 6.93. The van der Waals surface area contributed by atoms with Crippen LogP contribution in [0.5, 0.6) is 0 Å². The van der Waals surface area contributed by atoms with E-state index in [0.717, 1.165) is 25.7 Å². The number of nitrogens with one attached hydrogen (secondary N) is 1. The molecule has 0 aromatic carbocycles. The third-order valence-electron chi connectivity index (χ3n) is 3.61. The Morgan fingerprint density at radius 2 is 2.28 bits per heavy atom. The van der Waals surface area contributed by atoms with Gasteiger partial charge in [-0.15, -0.1) is 0 Å². The molecule has 0 amide bonds. The first-order chi connectivity index (χ1) is 8.54. The number of hydrogen-bond acceptors (Lipinski definition) is 6. The molecule has 0 bridgehead atoms. The molecular weight excluding hydrogens is 248 g/mol. The van der Waals surface area contributed by atoms with E-state index in [-0.39, 0.29) is 5.82 Å². The first-order valence-electron chi connectivity index (χ1n) is 6.15. The molecule has 0 radical (unpaired) electrons. The monoisotopic (exact) mass is 266 g/mol. The molecule has 1 fully saturated rings. The summed E-state index contributed by atoms with van der Waals surface area (Å²) in [5.74, 6) is 0.952. The van der Waals surface area contributed by atoms with Gasteiger partial charge in [0.2, 0.25) is 0 Å². The van der Waals surface area contributed by atoms with Gasteiger partial charge in [0.05, 0.1) is 5.60 Å². The predicted molar refractivity (Wildman–Crippen MR) is 72.3 cm³/mol. The van der Waals surface area contributed by atoms with E-state index in [1.165, 1.54) is 11.5 Å². The number of anilines is 2. The minimum atomic E-state index is -0.669. The van der Waals surface area contributed by atoms with Crippen LogP contribution in [0.3, 0.4) is 0 Å². The Morgan fingerprint density at radius 1 is 1.61 bits per heavy atom. The molecule has 5 nitrogen and oxygen atoms in total. The summed E-state index contributed by atoms with van der Waals surface area (Å²) in [4.78, 5) is 0. The quantitative estimate of drug-likeness (QED) is 0.777. The van der Waals surface area contributed by atoms with Gasteiger partial charge < -0.3 is 16.2 Å². The number of nitrogens with zero attached hydrogens (tertiary/aromatic N) is 2. The van der Waals surface area contributed by atoms with Gasteiger partial charge in [-0.05, 0) is 43.1 Å². The van der Waals surface area contributed by atoms with Crippen LogP contribution in [0, 0.1) is 17.2 Å². The van der Waals surface area contributed by atoms with Crippen LogP contribution >= 0.6 is 11.5 Å². The maximum atomic E-state index is 10.4. The Kier molecular flexibility index (Phi) is 3.73. The van der Waals surface area contributed by atoms with Crippen molar-refractivity contribution in [3.63, 3.8) is 0 Å². The van der Waals surface area contributed by atoms with Gasteiger partial charge in [0.25, 0.3) is 0 Å². The Labute approximate surface area is 111 Å². The van der Waals surface area contributed by atoms with Gasteiger partial charge in [0, 0.05) is 6.54 Å². The van der Waals surface area contributed by atoms with E-state index in [1.54, 1.807) is 0 Å². The minimum Gasteiger partial charge on any atom is -0.388 e. The van der Waals surface area contributed by atoms with Gasteiger partial charge >= 0.3 is 0 Å². The second-order valence-corrected chi connectivity index (χ2v) is 5.92. The van der Waals surface area contributed by atoms with Crippen molar-refractivity contribution < 1.29 is 5.11 Å². The number of nitrogens with two attached hydrogens (primary N) is 1. The largest absolute Gasteiger partial charge is 0.388 e. The highest BCUT2D eigenvalue weighted by molar-refractivity contribution is 7.10. The lowest BCUT2D eigenvalue weighted by molar-refractivity contribution is 0.00507. The number of nitriles is 1. The van der Waals surface area contributed by atoms with Crippen LogP contribution in [-0.2, 0) is 0 Å². The van der Waals surface area contributed by atoms with Crippen molar-refractivity contribution in [2.45, 2.75) is 38.2 Å². The molecule has 1 aromatic rings. The molecule has 4 N–H and O–H groups in total. The number of aliphatic hydroxyl groups is 1. The van der Waals surface area contributed by atoms with E-state index >= 15 is 0 Å². The molecule has 98 valence electrons. The average molecular weight is 266 g/mol. The fourth-order valence-corrected chi connectivity index (χ4v) is 2.91. The molecule has 2 rings (SSSR count). The van der Waals surface area contributed by atoms with E-state index in [2.05, 4.69) is 16.6 Å². The zero-order chi connectivity index (χ0) is 13.2. The van der Waals surface area contributed by atoms with Gasteiger partial charge in [-0.3, -0.25) is 0 Å². The van der Waals surface area contributed by atoms with Crippen LogP contribution in [0.4, 0.5) is 10.8 Å². The van der Waals surface area contributed by atoms with Crippen LogP contribution in [0.15, 0.2) is 0 Å². The molecule has 1 aliphatic carbocycles. The molecule has 1 aliphatic rings. The van der Waals surface area contributed by atoms with E-state index in [4.69, 9.17) is 11.0 Å². The smallest absolute Gasteiger partial charge is 0.157 e. The minimum absolute atomic E-state index is 0.259. The van der Waals surface area contributed by atoms with Crippen LogP contribution in [-0.4, -0.2) is 21.6 Å². The van der Waals surface area contributed by atoms with Gasteiger partial charge in [-0.2, -0.15) is 9.64 Å². The van der Waals surface area contributed by atoms with Crippen molar-refractivity contribution >= 4 is 22.4 Å². The third kappa shape index (κ3) is 2.74. The summed E-state index contributed by atoms with van der Waals surface area (Å²) in [5.41, 5.74) is 5.30. The summed E-state index contributed by atoms with van der Waals surface area (Å²) in [6.45, 7) is 2.67. The molecular formula is C12H18N4OS. The molecule has 0 saturated heterocycles. The lowest BCUT2D eigenvalue weighted by Crippen LogP contribution is -2.40. The molecule has 18 heavy (non-hydrogen) atoms. The van der Waals surface area contributed by atoms with Gasteiger partial charge in [-0.1, -0.05) is 6.92 Å². The molecule has 0 spiro atoms. The lowest BCUT2D eigenvalue weighted by Gasteiger charge is -2.35. The standard InChI is InChI=1S/C12H18N4OS/c1-8-2-4-12(17,5-3-8)7-15-11-9(6-13)10(14)16-18-11/h8,15,17H,2-5,7H2,1H3,(H2,14,16). The zero-order valence-electron chi connectivity index (χ0n) is 10.4. The molecule has 1 saturated carbocycles. The number of nitrogen functional groups attached to an aromatic ring is 1. The second-order valence-electron chi connectivity index (χ2n) is 5.14. The maximum Gasteiger partial charge on any atom is 0.157 e. The average Bonchev–Trinajstić information content (AvgIpc) is 2.72. The van der Waals surface area contributed by atoms with E-state index in [9.17, 15) is 5.11 Å². The molecule has 1 heterocycles. The van der Waals surface area contributed by atoms with Crippen molar-refractivity contribution in [1.29, 1.82) is 5.26 Å². The highest BCUT2D eigenvalue weighted by Crippen LogP contribution is 2.33. The van der Waals surface area contributed by atoms with E-state index < -0.39 is 5.60 Å². The lowest BCUT2D eigenvalue weighted by atomic mass is 9.79. The Bertz CT molecular complexity index is 457. The maximum absolute atomic E-state index is 10.4. The van der Waals surface area contributed by atoms with Gasteiger partial charge in [-0.25, -0.2) is 0 Å². The normalized spacial score (nSPS) is 27.7. The van der Waals surface area contributed by atoms with Crippen molar-refractivity contribution in [3.05, 3.63) is 5.56 Å². The predicted octanol–water partition coefficient (Wildman–Crippen LogP) is 1.95. The Balaban J connectivity index is 1.97. The Morgan fingerprint density at radius 3 is 2.89 bits per heavy atom. The van der Waals surface area contributed by atoms with Crippen molar-refractivity contribution in [1.82, 2.24) is 4.37 Å². The third-order valence-corrected chi connectivity index (χ3v) is 4.43. The topological polar surface area (TPSA) is 95.0 Å². The highest BCUT2D eigenvalue weighted by Gasteiger charge is 2.31. The summed E-state index contributed by atoms with van der Waals surface area (Å²) in [5, 5.41) is 23.2. The van der Waals surface area contributed by atoms with Crippen LogP contribution in [0.1, 0.15) is 38.2 Å². The molecule has 6 heteroatoms. The molecule has 0 aliphatic heterocycles. The van der Waals surface area contributed by atoms with Crippen LogP contribution < -0.4 is 11.1 Å². The van der Waals surface area contributed by atoms with Crippen molar-refractivity contribution in [2.75, 3.05) is 17.6 Å². The van der Waals surface area contributed by atoms with Crippen molar-refractivity contribution in [2.24, 2.45) is 5.92 Å². The zero-order valence-corrected chi connectivity index (χ0v) is 11.3. The summed E-state index contributed by atoms with van der Waals surface area (Å²) in [6, 6.07) is 2.03. The van der Waals surface area contributed by atoms with Crippen molar-refractivity contribution in [3.8, 4) is 6.07 Å². The highest BCUT2D eigenvalue weighted by atomic mass is 32.1. The molecule has 0 unspecified atom stereocenters. The first kappa shape index (κ1) is 13.1. The number of rotatable bonds is 3. The summed E-state index contributed by atoms with van der Waals surface area (Å²) < 4.78 is 3.94. The SMILES string of the molecule is CC1CCC(O)(CNc2snc(N)c2C#N)CC1. The van der Waals surface area contributed by atoms with E-state index in [0.29, 0.717) is 23.0 Å². The fourth-order valence-electron chi connectivity index (χ4n) is 2.25. The summed E-state index contributed by atoms with van der Waals surface area (Å²) in [7, 11) is 0. The number of aromatic nitrogens is 1. The van der Waals surface area contributed by atoms with Crippen LogP contribution in [0.25, 0.3) is 0 Å². The Hall–Kier alpha value is -1.32. The fraction of sp³-hybridized carbons (Fsp3) is 0.667. The molecule has 1 aromatic heterocycles.